The second-order valence-corrected chi connectivity index (χ2v) is 5.98. The van der Waals surface area contributed by atoms with Gasteiger partial charge in [-0.05, 0) is 17.7 Å². The average Bonchev–Trinajstić information content (AvgIpc) is 2.30. The number of benzene rings is 1. The SMILES string of the molecule is CC(C)NCc1cc(F)c(SC(C)CO)c(F)c1. The van der Waals surface area contributed by atoms with E-state index in [0.717, 1.165) is 11.8 Å². The van der Waals surface area contributed by atoms with Gasteiger partial charge in [0.25, 0.3) is 0 Å². The Bertz CT molecular complexity index is 376. The molecule has 5 heteroatoms. The summed E-state index contributed by atoms with van der Waals surface area (Å²) in [7, 11) is 0. The van der Waals surface area contributed by atoms with E-state index in [4.69, 9.17) is 5.11 Å². The van der Waals surface area contributed by atoms with Gasteiger partial charge < -0.3 is 10.4 Å². The van der Waals surface area contributed by atoms with E-state index in [1.54, 1.807) is 6.92 Å². The van der Waals surface area contributed by atoms with Crippen LogP contribution in [0.25, 0.3) is 0 Å². The summed E-state index contributed by atoms with van der Waals surface area (Å²) in [6.45, 7) is 5.99. The van der Waals surface area contributed by atoms with Crippen LogP contribution < -0.4 is 5.32 Å². The molecule has 0 heterocycles. The van der Waals surface area contributed by atoms with Crippen molar-refractivity contribution in [1.29, 1.82) is 0 Å². The average molecular weight is 275 g/mol. The molecule has 0 aromatic heterocycles. The summed E-state index contributed by atoms with van der Waals surface area (Å²) in [5.41, 5.74) is 0.583. The molecule has 0 amide bonds. The van der Waals surface area contributed by atoms with E-state index >= 15 is 0 Å². The van der Waals surface area contributed by atoms with Gasteiger partial charge in [-0.25, -0.2) is 8.78 Å². The van der Waals surface area contributed by atoms with Gasteiger partial charge in [0.15, 0.2) is 0 Å². The fourth-order valence-corrected chi connectivity index (χ4v) is 2.21. The van der Waals surface area contributed by atoms with Crippen LogP contribution in [-0.2, 0) is 6.54 Å². The lowest BCUT2D eigenvalue weighted by Crippen LogP contribution is -2.22. The van der Waals surface area contributed by atoms with Gasteiger partial charge in [0.2, 0.25) is 0 Å². The zero-order chi connectivity index (χ0) is 13.7. The quantitative estimate of drug-likeness (QED) is 0.783. The zero-order valence-electron chi connectivity index (χ0n) is 10.8. The predicted octanol–water partition coefficient (Wildman–Crippen LogP) is 2.94. The Morgan fingerprint density at radius 2 is 1.78 bits per heavy atom. The summed E-state index contributed by atoms with van der Waals surface area (Å²) in [5, 5.41) is 11.8. The van der Waals surface area contributed by atoms with Crippen LogP contribution in [0.2, 0.25) is 0 Å². The molecule has 1 unspecified atom stereocenters. The molecule has 0 fully saturated rings. The number of hydrogen-bond acceptors (Lipinski definition) is 3. The molecule has 0 bridgehead atoms. The fraction of sp³-hybridized carbons (Fsp3) is 0.538. The van der Waals surface area contributed by atoms with Crippen LogP contribution in [0.5, 0.6) is 0 Å². The topological polar surface area (TPSA) is 32.3 Å². The second-order valence-electron chi connectivity index (χ2n) is 4.54. The number of aliphatic hydroxyl groups excluding tert-OH is 1. The largest absolute Gasteiger partial charge is 0.395 e. The van der Waals surface area contributed by atoms with E-state index in [-0.39, 0.29) is 22.8 Å². The third-order valence-corrected chi connectivity index (χ3v) is 3.53. The highest BCUT2D eigenvalue weighted by Gasteiger charge is 2.14. The van der Waals surface area contributed by atoms with Crippen molar-refractivity contribution in [2.24, 2.45) is 0 Å². The number of nitrogens with one attached hydrogen (secondary N) is 1. The van der Waals surface area contributed by atoms with Gasteiger partial charge in [-0.1, -0.05) is 20.8 Å². The molecule has 0 spiro atoms. The summed E-state index contributed by atoms with van der Waals surface area (Å²) in [6.07, 6.45) is 0. The van der Waals surface area contributed by atoms with Crippen LogP contribution in [0.15, 0.2) is 17.0 Å². The monoisotopic (exact) mass is 275 g/mol. The molecule has 1 rings (SSSR count). The van der Waals surface area contributed by atoms with Crippen molar-refractivity contribution in [3.8, 4) is 0 Å². The van der Waals surface area contributed by atoms with Crippen LogP contribution in [0.3, 0.4) is 0 Å². The van der Waals surface area contributed by atoms with Crippen LogP contribution in [-0.4, -0.2) is 23.0 Å². The summed E-state index contributed by atoms with van der Waals surface area (Å²) < 4.78 is 27.5. The predicted molar refractivity (Wildman–Crippen MR) is 70.7 cm³/mol. The lowest BCUT2D eigenvalue weighted by atomic mass is 10.2. The molecule has 0 aliphatic rings. The molecular weight excluding hydrogens is 256 g/mol. The standard InChI is InChI=1S/C13H19F2NOS/c1-8(2)16-6-10-4-11(14)13(12(15)5-10)18-9(3)7-17/h4-5,8-9,16-17H,6-7H2,1-3H3. The molecule has 1 atom stereocenters. The third-order valence-electron chi connectivity index (χ3n) is 2.35. The molecule has 1 aromatic rings. The Balaban J connectivity index is 2.83. The lowest BCUT2D eigenvalue weighted by molar-refractivity contribution is 0.300. The highest BCUT2D eigenvalue weighted by Crippen LogP contribution is 2.29. The third kappa shape index (κ3) is 4.55. The van der Waals surface area contributed by atoms with Crippen molar-refractivity contribution < 1.29 is 13.9 Å². The van der Waals surface area contributed by atoms with Crippen LogP contribution in [0.4, 0.5) is 8.78 Å². The summed E-state index contributed by atoms with van der Waals surface area (Å²) >= 11 is 1.01. The van der Waals surface area contributed by atoms with Crippen molar-refractivity contribution >= 4 is 11.8 Å². The Kier molecular flexibility index (Phi) is 6.05. The summed E-state index contributed by atoms with van der Waals surface area (Å²) in [5.74, 6) is -1.14. The second kappa shape index (κ2) is 7.07. The highest BCUT2D eigenvalue weighted by molar-refractivity contribution is 8.00. The minimum Gasteiger partial charge on any atom is -0.395 e. The van der Waals surface area contributed by atoms with E-state index in [9.17, 15) is 8.78 Å². The first kappa shape index (κ1) is 15.4. The number of rotatable bonds is 6. The number of thioether (sulfide) groups is 1. The van der Waals surface area contributed by atoms with Gasteiger partial charge in [-0.15, -0.1) is 11.8 Å². The zero-order valence-corrected chi connectivity index (χ0v) is 11.7. The first-order valence-corrected chi connectivity index (χ1v) is 6.80. The molecule has 2 nitrogen and oxygen atoms in total. The van der Waals surface area contributed by atoms with E-state index in [0.29, 0.717) is 12.1 Å². The van der Waals surface area contributed by atoms with Gasteiger partial charge >= 0.3 is 0 Å². The molecule has 1 aromatic carbocycles. The van der Waals surface area contributed by atoms with Crippen LogP contribution >= 0.6 is 11.8 Å². The van der Waals surface area contributed by atoms with Crippen LogP contribution in [0.1, 0.15) is 26.3 Å². The Hall–Kier alpha value is -0.650. The first-order valence-electron chi connectivity index (χ1n) is 5.92. The number of hydrogen-bond donors (Lipinski definition) is 2. The van der Waals surface area contributed by atoms with Crippen molar-refractivity contribution in [3.05, 3.63) is 29.3 Å². The van der Waals surface area contributed by atoms with Gasteiger partial charge in [0.1, 0.15) is 11.6 Å². The minimum atomic E-state index is -0.569. The summed E-state index contributed by atoms with van der Waals surface area (Å²) in [4.78, 5) is -0.0233. The molecule has 0 saturated carbocycles. The number of aliphatic hydroxyl groups is 1. The molecule has 2 N–H and O–H groups in total. The molecule has 0 aliphatic heterocycles. The Labute approximate surface area is 111 Å². The Morgan fingerprint density at radius 3 is 2.22 bits per heavy atom. The van der Waals surface area contributed by atoms with Gasteiger partial charge in [-0.3, -0.25) is 0 Å². The normalized spacial score (nSPS) is 13.1. The smallest absolute Gasteiger partial charge is 0.140 e. The minimum absolute atomic E-state index is 0.0233. The first-order chi connectivity index (χ1) is 8.43. The molecule has 102 valence electrons. The van der Waals surface area contributed by atoms with Gasteiger partial charge in [0.05, 0.1) is 11.5 Å². The van der Waals surface area contributed by atoms with E-state index in [1.165, 1.54) is 12.1 Å². The van der Waals surface area contributed by atoms with E-state index in [1.807, 2.05) is 13.8 Å². The number of halogens is 2. The maximum absolute atomic E-state index is 13.8. The molecule has 18 heavy (non-hydrogen) atoms. The molecule has 0 radical (unpaired) electrons. The van der Waals surface area contributed by atoms with Crippen molar-refractivity contribution in [1.82, 2.24) is 5.32 Å². The maximum Gasteiger partial charge on any atom is 0.140 e. The van der Waals surface area contributed by atoms with Gasteiger partial charge in [-0.2, -0.15) is 0 Å². The van der Waals surface area contributed by atoms with Crippen molar-refractivity contribution in [3.63, 3.8) is 0 Å². The van der Waals surface area contributed by atoms with Crippen LogP contribution in [0, 0.1) is 11.6 Å². The molecule has 0 aliphatic carbocycles. The molecular formula is C13H19F2NOS. The molecule has 0 saturated heterocycles. The van der Waals surface area contributed by atoms with E-state index < -0.39 is 11.6 Å². The Morgan fingerprint density at radius 1 is 1.22 bits per heavy atom. The van der Waals surface area contributed by atoms with Gasteiger partial charge in [0, 0.05) is 17.8 Å². The van der Waals surface area contributed by atoms with Crippen molar-refractivity contribution in [2.75, 3.05) is 6.61 Å². The highest BCUT2D eigenvalue weighted by atomic mass is 32.2. The van der Waals surface area contributed by atoms with Crippen molar-refractivity contribution in [2.45, 2.75) is 43.5 Å². The maximum atomic E-state index is 13.8. The summed E-state index contributed by atoms with van der Waals surface area (Å²) in [6, 6.07) is 2.94. The fourth-order valence-electron chi connectivity index (χ4n) is 1.39. The van der Waals surface area contributed by atoms with E-state index in [2.05, 4.69) is 5.32 Å². The lowest BCUT2D eigenvalue weighted by Gasteiger charge is -2.12.